The van der Waals surface area contributed by atoms with Gasteiger partial charge in [0.1, 0.15) is 0 Å². The van der Waals surface area contributed by atoms with Crippen LogP contribution >= 0.6 is 12.2 Å². The summed E-state index contributed by atoms with van der Waals surface area (Å²) in [5, 5.41) is 5.53. The quantitative estimate of drug-likeness (QED) is 0.465. The number of benzene rings is 1. The van der Waals surface area contributed by atoms with Gasteiger partial charge in [0.15, 0.2) is 5.11 Å². The Morgan fingerprint density at radius 2 is 1.48 bits per heavy atom. The van der Waals surface area contributed by atoms with Crippen molar-refractivity contribution in [2.45, 2.75) is 51.5 Å². The summed E-state index contributed by atoms with van der Waals surface area (Å²) in [7, 11) is 0. The van der Waals surface area contributed by atoms with E-state index in [9.17, 15) is 26.3 Å². The fourth-order valence-electron chi connectivity index (χ4n) is 3.21. The maximum Gasteiger partial charge on any atom is 0.416 e. The van der Waals surface area contributed by atoms with Gasteiger partial charge in [-0.2, -0.15) is 26.3 Å². The monoisotopic (exact) mass is 441 g/mol. The Morgan fingerprint density at radius 3 is 1.93 bits per heavy atom. The van der Waals surface area contributed by atoms with Crippen LogP contribution in [0.5, 0.6) is 0 Å². The zero-order valence-electron chi connectivity index (χ0n) is 16.3. The Morgan fingerprint density at radius 1 is 0.966 bits per heavy atom. The fourth-order valence-corrected chi connectivity index (χ4v) is 3.48. The number of halogens is 6. The molecule has 164 valence electrons. The molecule has 29 heavy (non-hydrogen) atoms. The number of hydrogen-bond acceptors (Lipinski definition) is 2. The van der Waals surface area contributed by atoms with E-state index in [-0.39, 0.29) is 28.8 Å². The minimum atomic E-state index is -4.90. The van der Waals surface area contributed by atoms with Crippen LogP contribution in [-0.2, 0) is 12.4 Å². The number of nitrogens with one attached hydrogen (secondary N) is 2. The number of thiocarbonyl (C=S) groups is 1. The Balaban J connectivity index is 2.13. The van der Waals surface area contributed by atoms with Crippen LogP contribution in [0.15, 0.2) is 18.2 Å². The Hall–Kier alpha value is -1.55. The summed E-state index contributed by atoms with van der Waals surface area (Å²) in [6.07, 6.45) is -6.40. The normalized spacial score (nSPS) is 17.3. The highest BCUT2D eigenvalue weighted by atomic mass is 32.1. The number of rotatable bonds is 5. The fraction of sp³-hybridized carbons (Fsp3) is 0.632. The van der Waals surface area contributed by atoms with E-state index >= 15 is 0 Å². The van der Waals surface area contributed by atoms with Gasteiger partial charge in [-0.1, -0.05) is 20.3 Å². The number of piperidine rings is 1. The summed E-state index contributed by atoms with van der Waals surface area (Å²) in [5.41, 5.74) is -3.12. The molecule has 1 aliphatic heterocycles. The second-order valence-corrected chi connectivity index (χ2v) is 8.01. The van der Waals surface area contributed by atoms with Crippen LogP contribution in [0, 0.1) is 5.92 Å². The average molecular weight is 441 g/mol. The number of alkyl halides is 6. The summed E-state index contributed by atoms with van der Waals surface area (Å²) < 4.78 is 78.0. The molecule has 2 rings (SSSR count). The second-order valence-electron chi connectivity index (χ2n) is 7.60. The number of nitrogens with zero attached hydrogens (tertiary/aromatic N) is 1. The maximum absolute atomic E-state index is 13.0. The largest absolute Gasteiger partial charge is 0.416 e. The topological polar surface area (TPSA) is 27.3 Å². The predicted octanol–water partition coefficient (Wildman–Crippen LogP) is 5.52. The summed E-state index contributed by atoms with van der Waals surface area (Å²) in [4.78, 5) is 2.29. The lowest BCUT2D eigenvalue weighted by Crippen LogP contribution is -2.49. The van der Waals surface area contributed by atoms with E-state index in [2.05, 4.69) is 15.5 Å². The molecule has 0 bridgehead atoms. The van der Waals surface area contributed by atoms with Gasteiger partial charge in [-0.25, -0.2) is 0 Å². The van der Waals surface area contributed by atoms with E-state index < -0.39 is 23.5 Å². The molecule has 1 aromatic rings. The molecule has 2 N–H and O–H groups in total. The van der Waals surface area contributed by atoms with E-state index in [1.54, 1.807) is 0 Å². The van der Waals surface area contributed by atoms with Crippen molar-refractivity contribution in [3.8, 4) is 0 Å². The minimum Gasteiger partial charge on any atom is -0.358 e. The standard InChI is InChI=1S/C19H25F6N3S/c1-12(2)16(11-28-6-4-3-5-7-28)27-17(29)26-15-9-13(18(20,21)22)8-14(10-15)19(23,24)25/h8-10,12,16H,3-7,11H2,1-2H3,(H2,26,27,29)/t16-/m1/s1. The lowest BCUT2D eigenvalue weighted by atomic mass is 10.0. The first-order valence-corrected chi connectivity index (χ1v) is 9.86. The van der Waals surface area contributed by atoms with Gasteiger partial charge in [-0.05, 0) is 62.3 Å². The van der Waals surface area contributed by atoms with Crippen molar-refractivity contribution >= 4 is 23.0 Å². The third-order valence-electron chi connectivity index (χ3n) is 4.87. The molecule has 1 atom stereocenters. The summed E-state index contributed by atoms with van der Waals surface area (Å²) in [5.74, 6) is 0.170. The smallest absolute Gasteiger partial charge is 0.358 e. The first-order valence-electron chi connectivity index (χ1n) is 9.45. The van der Waals surface area contributed by atoms with Crippen molar-refractivity contribution in [2.24, 2.45) is 5.92 Å². The van der Waals surface area contributed by atoms with Crippen LogP contribution < -0.4 is 10.6 Å². The van der Waals surface area contributed by atoms with Gasteiger partial charge in [0.2, 0.25) is 0 Å². The molecule has 0 aliphatic carbocycles. The molecule has 0 unspecified atom stereocenters. The molecule has 0 spiro atoms. The van der Waals surface area contributed by atoms with Gasteiger partial charge in [-0.3, -0.25) is 0 Å². The molecule has 0 saturated carbocycles. The summed E-state index contributed by atoms with van der Waals surface area (Å²) in [6.45, 7) is 6.60. The maximum atomic E-state index is 13.0. The number of hydrogen-bond donors (Lipinski definition) is 2. The van der Waals surface area contributed by atoms with Gasteiger partial charge in [0.25, 0.3) is 0 Å². The Bertz CT molecular complexity index is 664. The zero-order valence-corrected chi connectivity index (χ0v) is 17.1. The number of likely N-dealkylation sites (tertiary alicyclic amines) is 1. The minimum absolute atomic E-state index is 0.00633. The highest BCUT2D eigenvalue weighted by Gasteiger charge is 2.37. The Labute approximate surface area is 171 Å². The van der Waals surface area contributed by atoms with E-state index in [1.165, 1.54) is 6.42 Å². The van der Waals surface area contributed by atoms with Crippen LogP contribution in [0.4, 0.5) is 32.0 Å². The molecule has 1 fully saturated rings. The molecule has 0 amide bonds. The predicted molar refractivity (Wildman–Crippen MR) is 105 cm³/mol. The van der Waals surface area contributed by atoms with Crippen molar-refractivity contribution in [1.29, 1.82) is 0 Å². The lowest BCUT2D eigenvalue weighted by molar-refractivity contribution is -0.143. The molecular formula is C19H25F6N3S. The van der Waals surface area contributed by atoms with Gasteiger partial charge < -0.3 is 15.5 Å². The third-order valence-corrected chi connectivity index (χ3v) is 5.09. The highest BCUT2D eigenvalue weighted by Crippen LogP contribution is 2.37. The molecule has 1 aromatic carbocycles. The molecule has 10 heteroatoms. The third kappa shape index (κ3) is 7.33. The van der Waals surface area contributed by atoms with E-state index in [1.807, 2.05) is 13.8 Å². The van der Waals surface area contributed by atoms with Crippen molar-refractivity contribution in [3.05, 3.63) is 29.3 Å². The van der Waals surface area contributed by atoms with Crippen LogP contribution in [0.3, 0.4) is 0 Å². The second kappa shape index (κ2) is 9.51. The van der Waals surface area contributed by atoms with Crippen LogP contribution in [0.2, 0.25) is 0 Å². The molecule has 3 nitrogen and oxygen atoms in total. The van der Waals surface area contributed by atoms with Crippen molar-refractivity contribution in [1.82, 2.24) is 10.2 Å². The summed E-state index contributed by atoms with van der Waals surface area (Å²) in [6, 6.07) is 1.26. The Kier molecular flexibility index (Phi) is 7.78. The van der Waals surface area contributed by atoms with Crippen LogP contribution in [-0.4, -0.2) is 35.7 Å². The SMILES string of the molecule is CC(C)[C@@H](CN1CCCCC1)NC(=S)Nc1cc(C(F)(F)F)cc(C(F)(F)F)c1. The lowest BCUT2D eigenvalue weighted by Gasteiger charge is -2.33. The van der Waals surface area contributed by atoms with Crippen LogP contribution in [0.1, 0.15) is 44.2 Å². The van der Waals surface area contributed by atoms with E-state index in [0.29, 0.717) is 18.7 Å². The van der Waals surface area contributed by atoms with E-state index in [0.717, 1.165) is 25.9 Å². The van der Waals surface area contributed by atoms with Crippen molar-refractivity contribution in [2.75, 3.05) is 25.0 Å². The molecular weight excluding hydrogens is 416 g/mol. The average Bonchev–Trinajstić information content (AvgIpc) is 2.60. The molecule has 0 radical (unpaired) electrons. The molecule has 1 aliphatic rings. The molecule has 1 saturated heterocycles. The van der Waals surface area contributed by atoms with Gasteiger partial charge in [-0.15, -0.1) is 0 Å². The zero-order chi connectivity index (χ0) is 21.8. The van der Waals surface area contributed by atoms with Crippen LogP contribution in [0.25, 0.3) is 0 Å². The first kappa shape index (κ1) is 23.7. The van der Waals surface area contributed by atoms with Gasteiger partial charge >= 0.3 is 12.4 Å². The van der Waals surface area contributed by atoms with Crippen molar-refractivity contribution < 1.29 is 26.3 Å². The number of anilines is 1. The first-order chi connectivity index (χ1) is 13.4. The van der Waals surface area contributed by atoms with Crippen molar-refractivity contribution in [3.63, 3.8) is 0 Å². The van der Waals surface area contributed by atoms with Gasteiger partial charge in [0, 0.05) is 18.3 Å². The molecule has 1 heterocycles. The van der Waals surface area contributed by atoms with E-state index in [4.69, 9.17) is 12.2 Å². The summed E-state index contributed by atoms with van der Waals surface area (Å²) >= 11 is 5.17. The molecule has 0 aromatic heterocycles. The van der Waals surface area contributed by atoms with Gasteiger partial charge in [0.05, 0.1) is 11.1 Å². The highest BCUT2D eigenvalue weighted by molar-refractivity contribution is 7.80.